The molecule has 0 atom stereocenters. The Bertz CT molecular complexity index is 945. The second-order valence-electron chi connectivity index (χ2n) is 4.46. The minimum Gasteiger partial charge on any atom is -0.478 e. The molecule has 3 aromatic rings. The summed E-state index contributed by atoms with van der Waals surface area (Å²) in [5, 5.41) is 11.5. The first kappa shape index (κ1) is 14.5. The number of fused-ring (bicyclic) bond motifs is 1. The van der Waals surface area contributed by atoms with Crippen molar-refractivity contribution in [3.05, 3.63) is 62.3 Å². The van der Waals surface area contributed by atoms with Gasteiger partial charge in [-0.2, -0.15) is 0 Å². The van der Waals surface area contributed by atoms with Crippen LogP contribution >= 0.6 is 22.9 Å². The number of thiophene rings is 1. The largest absolute Gasteiger partial charge is 0.478 e. The van der Waals surface area contributed by atoms with E-state index in [2.05, 4.69) is 9.97 Å². The molecule has 0 saturated heterocycles. The fourth-order valence-electron chi connectivity index (χ4n) is 1.95. The number of rotatable bonds is 3. The number of hydrogen-bond acceptors (Lipinski definition) is 4. The number of aromatic nitrogens is 2. The van der Waals surface area contributed by atoms with E-state index < -0.39 is 5.97 Å². The summed E-state index contributed by atoms with van der Waals surface area (Å²) in [5.41, 5.74) is -0.0130. The maximum absolute atomic E-state index is 12.1. The molecule has 0 fully saturated rings. The van der Waals surface area contributed by atoms with Crippen molar-refractivity contribution in [2.24, 2.45) is 0 Å². The molecule has 110 valence electrons. The predicted octanol–water partition coefficient (Wildman–Crippen LogP) is 3.42. The Morgan fingerprint density at radius 2 is 2.18 bits per heavy atom. The van der Waals surface area contributed by atoms with Gasteiger partial charge in [-0.05, 0) is 35.7 Å². The molecule has 0 saturated carbocycles. The lowest BCUT2D eigenvalue weighted by atomic mass is 10.1. The van der Waals surface area contributed by atoms with E-state index in [1.807, 2.05) is 17.5 Å². The average molecular weight is 333 g/mol. The van der Waals surface area contributed by atoms with E-state index in [1.165, 1.54) is 29.5 Å². The first-order chi connectivity index (χ1) is 10.5. The Kier molecular flexibility index (Phi) is 3.79. The first-order valence-corrected chi connectivity index (χ1v) is 7.49. The number of carboxylic acid groups (broad SMARTS) is 1. The van der Waals surface area contributed by atoms with E-state index in [9.17, 15) is 9.59 Å². The molecular formula is C15H9ClN2O3S. The summed E-state index contributed by atoms with van der Waals surface area (Å²) >= 11 is 7.69. The Hall–Kier alpha value is -2.44. The molecule has 7 heteroatoms. The topological polar surface area (TPSA) is 83.0 Å². The third kappa shape index (κ3) is 2.79. The number of nitrogens with one attached hydrogen (secondary N) is 1. The number of aromatic carboxylic acids is 1. The number of halogens is 1. The van der Waals surface area contributed by atoms with Gasteiger partial charge in [0.05, 0.1) is 21.5 Å². The van der Waals surface area contributed by atoms with Gasteiger partial charge in [0.15, 0.2) is 5.82 Å². The zero-order valence-corrected chi connectivity index (χ0v) is 12.6. The van der Waals surface area contributed by atoms with Crippen LogP contribution in [-0.4, -0.2) is 21.0 Å². The van der Waals surface area contributed by atoms with E-state index >= 15 is 0 Å². The summed E-state index contributed by atoms with van der Waals surface area (Å²) in [5.74, 6) is -0.874. The molecule has 0 aliphatic carbocycles. The molecule has 22 heavy (non-hydrogen) atoms. The summed E-state index contributed by atoms with van der Waals surface area (Å²) in [6.07, 6.45) is 1.69. The van der Waals surface area contributed by atoms with Gasteiger partial charge in [0.2, 0.25) is 0 Å². The van der Waals surface area contributed by atoms with Crippen molar-refractivity contribution in [1.82, 2.24) is 9.97 Å². The number of hydrogen-bond donors (Lipinski definition) is 2. The number of benzene rings is 1. The molecule has 2 aromatic heterocycles. The third-order valence-electron chi connectivity index (χ3n) is 2.99. The molecule has 5 nitrogen and oxygen atoms in total. The van der Waals surface area contributed by atoms with Gasteiger partial charge in [0.1, 0.15) is 0 Å². The molecule has 2 N–H and O–H groups in total. The van der Waals surface area contributed by atoms with Gasteiger partial charge >= 0.3 is 5.97 Å². The summed E-state index contributed by atoms with van der Waals surface area (Å²) in [6.45, 7) is 0. The summed E-state index contributed by atoms with van der Waals surface area (Å²) in [4.78, 5) is 30.8. The fraction of sp³-hybridized carbons (Fsp3) is 0. The van der Waals surface area contributed by atoms with Gasteiger partial charge in [0, 0.05) is 4.88 Å². The van der Waals surface area contributed by atoms with Crippen molar-refractivity contribution in [3.63, 3.8) is 0 Å². The lowest BCUT2D eigenvalue weighted by Crippen LogP contribution is -2.11. The molecule has 0 aliphatic rings. The molecule has 0 unspecified atom stereocenters. The van der Waals surface area contributed by atoms with Crippen LogP contribution in [0.5, 0.6) is 0 Å². The van der Waals surface area contributed by atoms with Gasteiger partial charge in [-0.3, -0.25) is 4.79 Å². The standard InChI is InChI=1S/C15H9ClN2O3S/c16-11(7-9-2-1-5-22-9)13-17-12-6-8(15(20)21)3-4-10(12)14(19)18-13/h1-7H,(H,20,21)(H,17,18,19)/b11-7-. The Labute approximate surface area is 133 Å². The van der Waals surface area contributed by atoms with Crippen molar-refractivity contribution in [1.29, 1.82) is 0 Å². The highest BCUT2D eigenvalue weighted by Gasteiger charge is 2.10. The van der Waals surface area contributed by atoms with Crippen LogP contribution in [0.25, 0.3) is 22.0 Å². The SMILES string of the molecule is O=C(O)c1ccc2c(=O)[nH]c(/C(Cl)=C/c3cccs3)nc2c1. The second-order valence-corrected chi connectivity index (χ2v) is 5.85. The van der Waals surface area contributed by atoms with Crippen molar-refractivity contribution in [2.45, 2.75) is 0 Å². The van der Waals surface area contributed by atoms with Gasteiger partial charge in [-0.1, -0.05) is 17.7 Å². The minimum atomic E-state index is -1.08. The molecular weight excluding hydrogens is 324 g/mol. The van der Waals surface area contributed by atoms with E-state index in [-0.39, 0.29) is 27.5 Å². The van der Waals surface area contributed by atoms with Gasteiger partial charge < -0.3 is 10.1 Å². The van der Waals surface area contributed by atoms with Crippen molar-refractivity contribution in [2.75, 3.05) is 0 Å². The van der Waals surface area contributed by atoms with Crippen LogP contribution in [0.3, 0.4) is 0 Å². The van der Waals surface area contributed by atoms with Crippen LogP contribution in [-0.2, 0) is 0 Å². The summed E-state index contributed by atoms with van der Waals surface area (Å²) in [7, 11) is 0. The van der Waals surface area contributed by atoms with E-state index in [4.69, 9.17) is 16.7 Å². The highest BCUT2D eigenvalue weighted by Crippen LogP contribution is 2.22. The zero-order chi connectivity index (χ0) is 15.7. The highest BCUT2D eigenvalue weighted by molar-refractivity contribution is 7.11. The summed E-state index contributed by atoms with van der Waals surface area (Å²) < 4.78 is 0. The van der Waals surface area contributed by atoms with Crippen molar-refractivity contribution < 1.29 is 9.90 Å². The van der Waals surface area contributed by atoms with Crippen LogP contribution in [0.2, 0.25) is 0 Å². The molecule has 1 aromatic carbocycles. The maximum atomic E-state index is 12.1. The summed E-state index contributed by atoms with van der Waals surface area (Å²) in [6, 6.07) is 7.92. The Balaban J connectivity index is 2.15. The molecule has 2 heterocycles. The van der Waals surface area contributed by atoms with Gasteiger partial charge in [0.25, 0.3) is 5.56 Å². The van der Waals surface area contributed by atoms with E-state index in [0.717, 1.165) is 4.88 Å². The monoisotopic (exact) mass is 332 g/mol. The molecule has 0 spiro atoms. The van der Waals surface area contributed by atoms with Gasteiger partial charge in [-0.25, -0.2) is 9.78 Å². The molecule has 0 aliphatic heterocycles. The smallest absolute Gasteiger partial charge is 0.335 e. The Morgan fingerprint density at radius 3 is 2.86 bits per heavy atom. The average Bonchev–Trinajstić information content (AvgIpc) is 2.99. The van der Waals surface area contributed by atoms with Crippen molar-refractivity contribution in [3.8, 4) is 0 Å². The van der Waals surface area contributed by atoms with Crippen LogP contribution in [0.1, 0.15) is 21.1 Å². The first-order valence-electron chi connectivity index (χ1n) is 6.23. The Morgan fingerprint density at radius 1 is 1.36 bits per heavy atom. The third-order valence-corrected chi connectivity index (χ3v) is 4.10. The normalized spacial score (nSPS) is 11.8. The van der Waals surface area contributed by atoms with E-state index in [0.29, 0.717) is 5.39 Å². The molecule has 3 rings (SSSR count). The number of H-pyrrole nitrogens is 1. The quantitative estimate of drug-likeness (QED) is 0.769. The highest BCUT2D eigenvalue weighted by atomic mass is 35.5. The molecule has 0 bridgehead atoms. The van der Waals surface area contributed by atoms with Crippen molar-refractivity contribution >= 4 is 50.9 Å². The van der Waals surface area contributed by atoms with Crippen LogP contribution < -0.4 is 5.56 Å². The minimum absolute atomic E-state index is 0.0647. The van der Waals surface area contributed by atoms with Crippen LogP contribution in [0.4, 0.5) is 0 Å². The zero-order valence-electron chi connectivity index (χ0n) is 11.0. The lowest BCUT2D eigenvalue weighted by Gasteiger charge is -2.03. The lowest BCUT2D eigenvalue weighted by molar-refractivity contribution is 0.0697. The number of aromatic amines is 1. The number of carboxylic acids is 1. The predicted molar refractivity (Wildman–Crippen MR) is 87.4 cm³/mol. The molecule has 0 amide bonds. The van der Waals surface area contributed by atoms with E-state index in [1.54, 1.807) is 6.08 Å². The molecule has 0 radical (unpaired) electrons. The fourth-order valence-corrected chi connectivity index (χ4v) is 2.88. The van der Waals surface area contributed by atoms with Crippen LogP contribution in [0.15, 0.2) is 40.5 Å². The second kappa shape index (κ2) is 5.75. The number of carbonyl (C=O) groups is 1. The number of nitrogens with zero attached hydrogens (tertiary/aromatic N) is 1. The van der Waals surface area contributed by atoms with Crippen LogP contribution in [0, 0.1) is 0 Å². The maximum Gasteiger partial charge on any atom is 0.335 e. The van der Waals surface area contributed by atoms with Gasteiger partial charge in [-0.15, -0.1) is 11.3 Å².